The Kier molecular flexibility index (Phi) is 4.00. The molecule has 1 aromatic carbocycles. The van der Waals surface area contributed by atoms with Crippen LogP contribution in [0.3, 0.4) is 0 Å². The summed E-state index contributed by atoms with van der Waals surface area (Å²) in [6, 6.07) is 2.83. The largest absolute Gasteiger partial charge is 0.418 e. The number of benzene rings is 1. The van der Waals surface area contributed by atoms with Crippen LogP contribution < -0.4 is 5.73 Å². The average Bonchev–Trinajstić information content (AvgIpc) is 2.38. The number of halogens is 3. The Hall–Kier alpha value is -1.24. The van der Waals surface area contributed by atoms with Crippen LogP contribution in [0.1, 0.15) is 37.7 Å². The maximum absolute atomic E-state index is 12.8. The summed E-state index contributed by atoms with van der Waals surface area (Å²) in [6.07, 6.45) is -1.07. The standard InChI is InChI=1S/C13H16F3NO2S/c14-13(15,16)11-8-10(6-7-12(11)17)20(18,19)9-4-2-1-3-5-9/h6-9H,1-5,17H2. The molecule has 2 rings (SSSR count). The fourth-order valence-electron chi connectivity index (χ4n) is 2.53. The zero-order valence-corrected chi connectivity index (χ0v) is 11.6. The van der Waals surface area contributed by atoms with Crippen molar-refractivity contribution in [3.8, 4) is 0 Å². The zero-order valence-electron chi connectivity index (χ0n) is 10.8. The van der Waals surface area contributed by atoms with Gasteiger partial charge in [-0.3, -0.25) is 0 Å². The summed E-state index contributed by atoms with van der Waals surface area (Å²) in [5, 5.41) is -0.582. The molecule has 0 unspecified atom stereocenters. The van der Waals surface area contributed by atoms with Crippen molar-refractivity contribution in [1.82, 2.24) is 0 Å². The predicted molar refractivity (Wildman–Crippen MR) is 69.9 cm³/mol. The van der Waals surface area contributed by atoms with Crippen LogP contribution in [0.15, 0.2) is 23.1 Å². The normalized spacial score (nSPS) is 18.1. The third-order valence-corrected chi connectivity index (χ3v) is 5.91. The van der Waals surface area contributed by atoms with E-state index < -0.39 is 32.5 Å². The van der Waals surface area contributed by atoms with Gasteiger partial charge in [0.05, 0.1) is 15.7 Å². The van der Waals surface area contributed by atoms with E-state index in [0.717, 1.165) is 31.4 Å². The molecule has 1 fully saturated rings. The van der Waals surface area contributed by atoms with Gasteiger partial charge in [0, 0.05) is 5.69 Å². The number of hydrogen-bond donors (Lipinski definition) is 1. The van der Waals surface area contributed by atoms with Crippen molar-refractivity contribution in [2.45, 2.75) is 48.4 Å². The molecule has 0 radical (unpaired) electrons. The Morgan fingerprint density at radius 3 is 2.25 bits per heavy atom. The van der Waals surface area contributed by atoms with E-state index >= 15 is 0 Å². The molecule has 0 atom stereocenters. The maximum Gasteiger partial charge on any atom is 0.418 e. The van der Waals surface area contributed by atoms with E-state index in [1.807, 2.05) is 0 Å². The van der Waals surface area contributed by atoms with Crippen LogP contribution >= 0.6 is 0 Å². The van der Waals surface area contributed by atoms with E-state index in [1.54, 1.807) is 0 Å². The zero-order chi connectivity index (χ0) is 15.0. The minimum absolute atomic E-state index is 0.286. The molecule has 0 aromatic heterocycles. The quantitative estimate of drug-likeness (QED) is 0.852. The molecule has 1 aromatic rings. The van der Waals surface area contributed by atoms with Gasteiger partial charge >= 0.3 is 6.18 Å². The van der Waals surface area contributed by atoms with Crippen LogP contribution in [0.2, 0.25) is 0 Å². The van der Waals surface area contributed by atoms with Gasteiger partial charge in [-0.1, -0.05) is 19.3 Å². The van der Waals surface area contributed by atoms with Crippen LogP contribution in [-0.4, -0.2) is 13.7 Å². The van der Waals surface area contributed by atoms with Crippen LogP contribution in [0.4, 0.5) is 18.9 Å². The molecule has 0 aliphatic heterocycles. The van der Waals surface area contributed by atoms with E-state index in [0.29, 0.717) is 18.9 Å². The van der Waals surface area contributed by atoms with Crippen molar-refractivity contribution in [2.24, 2.45) is 0 Å². The number of nitrogens with two attached hydrogens (primary N) is 1. The lowest BCUT2D eigenvalue weighted by atomic mass is 10.0. The summed E-state index contributed by atoms with van der Waals surface area (Å²) in [6.45, 7) is 0. The number of rotatable bonds is 2. The first-order valence-electron chi connectivity index (χ1n) is 6.43. The molecule has 1 aliphatic carbocycles. The molecule has 2 N–H and O–H groups in total. The highest BCUT2D eigenvalue weighted by Gasteiger charge is 2.36. The molecular formula is C13H16F3NO2S. The summed E-state index contributed by atoms with van der Waals surface area (Å²) in [5.41, 5.74) is 3.74. The minimum Gasteiger partial charge on any atom is -0.398 e. The molecule has 0 bridgehead atoms. The van der Waals surface area contributed by atoms with Crippen molar-refractivity contribution in [2.75, 3.05) is 5.73 Å². The monoisotopic (exact) mass is 307 g/mol. The third kappa shape index (κ3) is 2.92. The van der Waals surface area contributed by atoms with Crippen molar-refractivity contribution in [3.05, 3.63) is 23.8 Å². The van der Waals surface area contributed by atoms with Gasteiger partial charge in [-0.05, 0) is 31.0 Å². The Morgan fingerprint density at radius 2 is 1.70 bits per heavy atom. The number of anilines is 1. The molecule has 3 nitrogen and oxygen atoms in total. The van der Waals surface area contributed by atoms with Crippen LogP contribution in [-0.2, 0) is 16.0 Å². The van der Waals surface area contributed by atoms with Gasteiger partial charge in [-0.15, -0.1) is 0 Å². The average molecular weight is 307 g/mol. The summed E-state index contributed by atoms with van der Waals surface area (Å²) in [7, 11) is -3.72. The second-order valence-corrected chi connectivity index (χ2v) is 7.28. The molecular weight excluding hydrogens is 291 g/mol. The Balaban J connectivity index is 2.42. The van der Waals surface area contributed by atoms with Gasteiger partial charge in [0.25, 0.3) is 0 Å². The van der Waals surface area contributed by atoms with Crippen molar-refractivity contribution in [3.63, 3.8) is 0 Å². The van der Waals surface area contributed by atoms with Gasteiger partial charge < -0.3 is 5.73 Å². The number of sulfone groups is 1. The van der Waals surface area contributed by atoms with E-state index in [4.69, 9.17) is 5.73 Å². The van der Waals surface area contributed by atoms with Gasteiger partial charge in [-0.25, -0.2) is 8.42 Å². The molecule has 7 heteroatoms. The number of nitrogen functional groups attached to an aromatic ring is 1. The summed E-state index contributed by atoms with van der Waals surface area (Å²) < 4.78 is 63.1. The molecule has 0 saturated heterocycles. The first kappa shape index (κ1) is 15.2. The molecule has 112 valence electrons. The predicted octanol–water partition coefficient (Wildman–Crippen LogP) is 3.39. The Bertz CT molecular complexity index is 590. The summed E-state index contributed by atoms with van der Waals surface area (Å²) in [5.74, 6) is 0. The topological polar surface area (TPSA) is 60.2 Å². The molecule has 20 heavy (non-hydrogen) atoms. The van der Waals surface area contributed by atoms with E-state index in [1.165, 1.54) is 0 Å². The summed E-state index contributed by atoms with van der Waals surface area (Å²) >= 11 is 0. The highest BCUT2D eigenvalue weighted by atomic mass is 32.2. The number of alkyl halides is 3. The highest BCUT2D eigenvalue weighted by molar-refractivity contribution is 7.92. The minimum atomic E-state index is -4.65. The van der Waals surface area contributed by atoms with E-state index in [9.17, 15) is 21.6 Å². The molecule has 1 aliphatic rings. The Labute approximate surface area is 115 Å². The first-order chi connectivity index (χ1) is 9.23. The van der Waals surface area contributed by atoms with Gasteiger partial charge in [0.2, 0.25) is 0 Å². The van der Waals surface area contributed by atoms with Gasteiger partial charge in [0.15, 0.2) is 9.84 Å². The number of hydrogen-bond acceptors (Lipinski definition) is 3. The maximum atomic E-state index is 12.8. The van der Waals surface area contributed by atoms with Crippen molar-refractivity contribution in [1.29, 1.82) is 0 Å². The van der Waals surface area contributed by atoms with Crippen LogP contribution in [0.5, 0.6) is 0 Å². The van der Waals surface area contributed by atoms with Crippen LogP contribution in [0, 0.1) is 0 Å². The van der Waals surface area contributed by atoms with E-state index in [2.05, 4.69) is 0 Å². The fraction of sp³-hybridized carbons (Fsp3) is 0.538. The fourth-order valence-corrected chi connectivity index (χ4v) is 4.40. The second kappa shape index (κ2) is 5.27. The van der Waals surface area contributed by atoms with Gasteiger partial charge in [-0.2, -0.15) is 13.2 Å². The highest BCUT2D eigenvalue weighted by Crippen LogP contribution is 2.36. The van der Waals surface area contributed by atoms with Gasteiger partial charge in [0.1, 0.15) is 0 Å². The van der Waals surface area contributed by atoms with E-state index in [-0.39, 0.29) is 4.90 Å². The molecule has 0 spiro atoms. The lowest BCUT2D eigenvalue weighted by molar-refractivity contribution is -0.137. The van der Waals surface area contributed by atoms with Crippen LogP contribution in [0.25, 0.3) is 0 Å². The molecule has 0 amide bonds. The lowest BCUT2D eigenvalue weighted by Gasteiger charge is -2.22. The smallest absolute Gasteiger partial charge is 0.398 e. The van der Waals surface area contributed by atoms with Crippen molar-refractivity contribution >= 4 is 15.5 Å². The molecule has 1 saturated carbocycles. The second-order valence-electron chi connectivity index (χ2n) is 5.05. The first-order valence-corrected chi connectivity index (χ1v) is 7.98. The SMILES string of the molecule is Nc1ccc(S(=O)(=O)C2CCCCC2)cc1C(F)(F)F. The van der Waals surface area contributed by atoms with Crippen molar-refractivity contribution < 1.29 is 21.6 Å². The summed E-state index contributed by atoms with van der Waals surface area (Å²) in [4.78, 5) is -0.286. The lowest BCUT2D eigenvalue weighted by Crippen LogP contribution is -2.24. The third-order valence-electron chi connectivity index (χ3n) is 3.65. The molecule has 0 heterocycles. The Morgan fingerprint density at radius 1 is 1.10 bits per heavy atom.